The second-order valence-electron chi connectivity index (χ2n) is 8.35. The van der Waals surface area contributed by atoms with E-state index in [1.165, 1.54) is 41.5 Å². The highest BCUT2D eigenvalue weighted by Gasteiger charge is 2.12. The van der Waals surface area contributed by atoms with E-state index >= 15 is 0 Å². The van der Waals surface area contributed by atoms with E-state index in [0.717, 1.165) is 29.8 Å². The summed E-state index contributed by atoms with van der Waals surface area (Å²) in [6.45, 7) is 8.90. The van der Waals surface area contributed by atoms with Gasteiger partial charge in [-0.05, 0) is 66.1 Å². The van der Waals surface area contributed by atoms with Gasteiger partial charge in [0.05, 0.1) is 18.6 Å². The van der Waals surface area contributed by atoms with Gasteiger partial charge < -0.3 is 4.57 Å². The number of aryl methyl sites for hydroxylation is 1. The monoisotopic (exact) mass is 409 g/mol. The van der Waals surface area contributed by atoms with Gasteiger partial charge >= 0.3 is 0 Å². The molecule has 0 aliphatic heterocycles. The number of benzene rings is 1. The maximum atomic E-state index is 4.99. The van der Waals surface area contributed by atoms with Crippen molar-refractivity contribution in [1.82, 2.24) is 14.5 Å². The summed E-state index contributed by atoms with van der Waals surface area (Å²) in [6, 6.07) is 10.8. The van der Waals surface area contributed by atoms with E-state index in [1.54, 1.807) is 6.08 Å². The highest BCUT2D eigenvalue weighted by molar-refractivity contribution is 5.79. The van der Waals surface area contributed by atoms with Gasteiger partial charge in [0.1, 0.15) is 5.52 Å². The Labute approximate surface area is 185 Å². The molecule has 3 nitrogen and oxygen atoms in total. The lowest BCUT2D eigenvalue weighted by Gasteiger charge is -2.15. The van der Waals surface area contributed by atoms with Crippen molar-refractivity contribution in [2.75, 3.05) is 0 Å². The first-order valence-electron chi connectivity index (χ1n) is 11.3. The Morgan fingerprint density at radius 2 is 2.13 bits per heavy atom. The van der Waals surface area contributed by atoms with Gasteiger partial charge in [-0.15, -0.1) is 0 Å². The van der Waals surface area contributed by atoms with E-state index in [2.05, 4.69) is 84.6 Å². The average Bonchev–Trinajstić information content (AvgIpc) is 3.20. The molecule has 1 aliphatic rings. The van der Waals surface area contributed by atoms with Crippen LogP contribution in [0.25, 0.3) is 22.8 Å². The molecule has 0 fully saturated rings. The molecule has 0 N–H and O–H groups in total. The standard InChI is InChI=1S/C28H31N3/c1-4-6-8-22-12-14-24(15-13-22)26-16-17-27-28(30-26)31(20-29-27)19-23-11-10-21(3)25(18-23)9-7-5-2/h5,7,9-12,14-18,20,22H,2,4,6,8,13,19H2,1,3H3/b9-7-. The number of rotatable bonds is 8. The van der Waals surface area contributed by atoms with Crippen LogP contribution in [0.4, 0.5) is 0 Å². The van der Waals surface area contributed by atoms with Gasteiger partial charge in [0.25, 0.3) is 0 Å². The summed E-state index contributed by atoms with van der Waals surface area (Å²) >= 11 is 0. The van der Waals surface area contributed by atoms with Crippen LogP contribution in [-0.2, 0) is 6.54 Å². The molecule has 0 saturated carbocycles. The molecule has 3 aromatic rings. The average molecular weight is 410 g/mol. The van der Waals surface area contributed by atoms with Crippen LogP contribution in [-0.4, -0.2) is 14.5 Å². The highest BCUT2D eigenvalue weighted by Crippen LogP contribution is 2.27. The molecule has 3 heteroatoms. The lowest BCUT2D eigenvalue weighted by Crippen LogP contribution is -2.03. The smallest absolute Gasteiger partial charge is 0.160 e. The molecule has 1 aromatic carbocycles. The summed E-state index contributed by atoms with van der Waals surface area (Å²) in [4.78, 5) is 9.56. The molecule has 0 bridgehead atoms. The zero-order valence-corrected chi connectivity index (χ0v) is 18.6. The van der Waals surface area contributed by atoms with E-state index in [4.69, 9.17) is 4.98 Å². The van der Waals surface area contributed by atoms with Crippen molar-refractivity contribution in [2.24, 2.45) is 5.92 Å². The van der Waals surface area contributed by atoms with Crippen LogP contribution in [0.5, 0.6) is 0 Å². The summed E-state index contributed by atoms with van der Waals surface area (Å²) in [5, 5.41) is 0. The van der Waals surface area contributed by atoms with Crippen LogP contribution in [0.3, 0.4) is 0 Å². The Bertz CT molecular complexity index is 1160. The third-order valence-corrected chi connectivity index (χ3v) is 5.98. The second kappa shape index (κ2) is 9.74. The lowest BCUT2D eigenvalue weighted by atomic mass is 9.91. The van der Waals surface area contributed by atoms with Crippen LogP contribution in [0.1, 0.15) is 55.0 Å². The fourth-order valence-corrected chi connectivity index (χ4v) is 4.09. The van der Waals surface area contributed by atoms with Gasteiger partial charge in [-0.1, -0.05) is 74.9 Å². The first-order chi connectivity index (χ1) is 15.2. The Kier molecular flexibility index (Phi) is 6.61. The van der Waals surface area contributed by atoms with Crippen LogP contribution in [0, 0.1) is 12.8 Å². The number of hydrogen-bond acceptors (Lipinski definition) is 2. The molecular weight excluding hydrogens is 378 g/mol. The topological polar surface area (TPSA) is 30.7 Å². The summed E-state index contributed by atoms with van der Waals surface area (Å²) in [6.07, 6.45) is 19.7. The maximum Gasteiger partial charge on any atom is 0.160 e. The predicted molar refractivity (Wildman–Crippen MR) is 132 cm³/mol. The van der Waals surface area contributed by atoms with Gasteiger partial charge in [0, 0.05) is 0 Å². The number of pyridine rings is 1. The fourth-order valence-electron chi connectivity index (χ4n) is 4.09. The minimum absolute atomic E-state index is 0.670. The molecule has 158 valence electrons. The third kappa shape index (κ3) is 4.93. The van der Waals surface area contributed by atoms with Crippen molar-refractivity contribution in [3.63, 3.8) is 0 Å². The molecule has 1 atom stereocenters. The van der Waals surface area contributed by atoms with Crippen LogP contribution < -0.4 is 0 Å². The number of nitrogens with zero attached hydrogens (tertiary/aromatic N) is 3. The number of allylic oxidation sites excluding steroid dienone is 6. The molecule has 1 unspecified atom stereocenters. The van der Waals surface area contributed by atoms with Crippen molar-refractivity contribution < 1.29 is 0 Å². The normalized spacial score (nSPS) is 16.2. The van der Waals surface area contributed by atoms with Crippen LogP contribution in [0.2, 0.25) is 0 Å². The second-order valence-corrected chi connectivity index (χ2v) is 8.35. The number of aromatic nitrogens is 3. The summed E-state index contributed by atoms with van der Waals surface area (Å²) in [5.74, 6) is 0.670. The SMILES string of the molecule is C=C/C=C\c1cc(Cn2cnc3ccc(C4=CCC(CCCC)C=C4)nc32)ccc1C. The van der Waals surface area contributed by atoms with Crippen LogP contribution >= 0.6 is 0 Å². The molecule has 0 radical (unpaired) electrons. The summed E-state index contributed by atoms with van der Waals surface area (Å²) < 4.78 is 2.14. The summed E-state index contributed by atoms with van der Waals surface area (Å²) in [7, 11) is 0. The predicted octanol–water partition coefficient (Wildman–Crippen LogP) is 7.14. The molecule has 2 aromatic heterocycles. The molecule has 0 amide bonds. The van der Waals surface area contributed by atoms with E-state index in [0.29, 0.717) is 5.92 Å². The van der Waals surface area contributed by atoms with Crippen molar-refractivity contribution >= 4 is 22.8 Å². The van der Waals surface area contributed by atoms with Crippen molar-refractivity contribution in [3.8, 4) is 0 Å². The maximum absolute atomic E-state index is 4.99. The zero-order valence-electron chi connectivity index (χ0n) is 18.6. The van der Waals surface area contributed by atoms with E-state index < -0.39 is 0 Å². The Hall–Kier alpha value is -3.20. The molecular formula is C28H31N3. The highest BCUT2D eigenvalue weighted by atomic mass is 15.1. The van der Waals surface area contributed by atoms with Gasteiger partial charge in [-0.3, -0.25) is 0 Å². The molecule has 0 saturated heterocycles. The molecule has 4 rings (SSSR count). The van der Waals surface area contributed by atoms with Crippen molar-refractivity contribution in [1.29, 1.82) is 0 Å². The number of fused-ring (bicyclic) bond motifs is 1. The van der Waals surface area contributed by atoms with Gasteiger partial charge in [0.2, 0.25) is 0 Å². The largest absolute Gasteiger partial charge is 0.311 e. The molecule has 31 heavy (non-hydrogen) atoms. The van der Waals surface area contributed by atoms with E-state index in [-0.39, 0.29) is 0 Å². The fraction of sp³-hybridized carbons (Fsp3) is 0.286. The Morgan fingerprint density at radius 1 is 1.23 bits per heavy atom. The van der Waals surface area contributed by atoms with Crippen molar-refractivity contribution in [3.05, 3.63) is 96.0 Å². The quantitative estimate of drug-likeness (QED) is 0.370. The minimum Gasteiger partial charge on any atom is -0.311 e. The third-order valence-electron chi connectivity index (χ3n) is 5.98. The first kappa shape index (κ1) is 21.0. The number of imidazole rings is 1. The first-order valence-corrected chi connectivity index (χ1v) is 11.3. The van der Waals surface area contributed by atoms with E-state index in [9.17, 15) is 0 Å². The number of hydrogen-bond donors (Lipinski definition) is 0. The molecule has 0 spiro atoms. The van der Waals surface area contributed by atoms with E-state index in [1.807, 2.05) is 12.4 Å². The van der Waals surface area contributed by atoms with Gasteiger partial charge in [-0.25, -0.2) is 9.97 Å². The number of unbranched alkanes of at least 4 members (excludes halogenated alkanes) is 1. The Morgan fingerprint density at radius 3 is 2.90 bits per heavy atom. The van der Waals surface area contributed by atoms with Crippen molar-refractivity contribution in [2.45, 2.75) is 46.1 Å². The van der Waals surface area contributed by atoms with Gasteiger partial charge in [-0.2, -0.15) is 0 Å². The van der Waals surface area contributed by atoms with Crippen LogP contribution in [0.15, 0.2) is 73.6 Å². The lowest BCUT2D eigenvalue weighted by molar-refractivity contribution is 0.558. The zero-order chi connectivity index (χ0) is 21.6. The molecule has 1 aliphatic carbocycles. The Balaban J connectivity index is 1.57. The van der Waals surface area contributed by atoms with Gasteiger partial charge in [0.15, 0.2) is 5.65 Å². The summed E-state index contributed by atoms with van der Waals surface area (Å²) in [5.41, 5.74) is 7.81. The molecule has 2 heterocycles. The minimum atomic E-state index is 0.670.